The number of likely N-dealkylation sites (tertiary alicyclic amines) is 1. The fourth-order valence-corrected chi connectivity index (χ4v) is 3.63. The van der Waals surface area contributed by atoms with Gasteiger partial charge in [0.15, 0.2) is 0 Å². The smallest absolute Gasteiger partial charge is 0.251 e. The fourth-order valence-electron chi connectivity index (χ4n) is 3.63. The molecule has 2 aliphatic rings. The van der Waals surface area contributed by atoms with Crippen molar-refractivity contribution in [3.05, 3.63) is 35.9 Å². The van der Waals surface area contributed by atoms with Gasteiger partial charge in [-0.1, -0.05) is 31.0 Å². The second-order valence-electron chi connectivity index (χ2n) is 6.04. The van der Waals surface area contributed by atoms with Crippen molar-refractivity contribution in [2.24, 2.45) is 0 Å². The molecular weight excluding hydrogens is 248 g/mol. The van der Waals surface area contributed by atoms with Crippen molar-refractivity contribution in [1.82, 2.24) is 10.2 Å². The normalized spacial score (nSPS) is 27.4. The van der Waals surface area contributed by atoms with Crippen LogP contribution in [0.15, 0.2) is 30.3 Å². The van der Waals surface area contributed by atoms with Crippen LogP contribution >= 0.6 is 0 Å². The van der Waals surface area contributed by atoms with Crippen LogP contribution in [0.4, 0.5) is 0 Å². The lowest BCUT2D eigenvalue weighted by Gasteiger charge is -2.38. The molecule has 1 aromatic rings. The number of benzene rings is 1. The minimum absolute atomic E-state index is 0.0849. The minimum atomic E-state index is 0.0849. The number of carbonyl (C=O) groups excluding carboxylic acids is 1. The summed E-state index contributed by atoms with van der Waals surface area (Å²) in [6, 6.07) is 10.5. The number of nitrogens with zero attached hydrogens (tertiary/aromatic N) is 1. The van der Waals surface area contributed by atoms with Gasteiger partial charge in [0, 0.05) is 17.6 Å². The largest absolute Gasteiger partial charge is 0.348 e. The van der Waals surface area contributed by atoms with E-state index in [1.54, 1.807) is 0 Å². The van der Waals surface area contributed by atoms with Crippen molar-refractivity contribution in [1.29, 1.82) is 0 Å². The van der Waals surface area contributed by atoms with E-state index in [2.05, 4.69) is 10.2 Å². The zero-order valence-corrected chi connectivity index (χ0v) is 12.1. The zero-order valence-electron chi connectivity index (χ0n) is 12.1. The molecule has 2 unspecified atom stereocenters. The summed E-state index contributed by atoms with van der Waals surface area (Å²) in [5.74, 6) is 0.0849. The fraction of sp³-hybridized carbons (Fsp3) is 0.588. The van der Waals surface area contributed by atoms with Gasteiger partial charge in [0.2, 0.25) is 0 Å². The number of hydrogen-bond donors (Lipinski definition) is 1. The Balaban J connectivity index is 1.66. The van der Waals surface area contributed by atoms with E-state index in [4.69, 9.17) is 0 Å². The summed E-state index contributed by atoms with van der Waals surface area (Å²) in [6.45, 7) is 2.42. The highest BCUT2D eigenvalue weighted by Crippen LogP contribution is 2.26. The van der Waals surface area contributed by atoms with Crippen LogP contribution < -0.4 is 5.32 Å². The van der Waals surface area contributed by atoms with E-state index in [0.29, 0.717) is 12.1 Å². The summed E-state index contributed by atoms with van der Waals surface area (Å²) < 4.78 is 0. The minimum Gasteiger partial charge on any atom is -0.348 e. The summed E-state index contributed by atoms with van der Waals surface area (Å²) in [5, 5.41) is 3.28. The van der Waals surface area contributed by atoms with Gasteiger partial charge in [-0.3, -0.25) is 9.69 Å². The Bertz CT molecular complexity index is 440. The molecule has 3 nitrogen and oxygen atoms in total. The first-order chi connectivity index (χ1) is 9.84. The van der Waals surface area contributed by atoms with Gasteiger partial charge in [0.25, 0.3) is 5.91 Å². The third-order valence-corrected chi connectivity index (χ3v) is 4.69. The Labute approximate surface area is 121 Å². The van der Waals surface area contributed by atoms with Gasteiger partial charge >= 0.3 is 0 Å². The summed E-state index contributed by atoms with van der Waals surface area (Å²) in [4.78, 5) is 14.9. The van der Waals surface area contributed by atoms with Crippen molar-refractivity contribution in [3.8, 4) is 0 Å². The molecule has 2 atom stereocenters. The molecule has 1 heterocycles. The lowest BCUT2D eigenvalue weighted by molar-refractivity contribution is 0.0862. The number of nitrogens with one attached hydrogen (secondary N) is 1. The molecule has 20 heavy (non-hydrogen) atoms. The molecule has 1 aromatic carbocycles. The number of amides is 1. The zero-order chi connectivity index (χ0) is 13.8. The van der Waals surface area contributed by atoms with Gasteiger partial charge in [-0.15, -0.1) is 0 Å². The van der Waals surface area contributed by atoms with E-state index in [1.807, 2.05) is 30.3 Å². The maximum Gasteiger partial charge on any atom is 0.251 e. The molecule has 0 bridgehead atoms. The Kier molecular flexibility index (Phi) is 4.36. The Morgan fingerprint density at radius 3 is 2.45 bits per heavy atom. The molecule has 0 aromatic heterocycles. The Morgan fingerprint density at radius 1 is 1.00 bits per heavy atom. The molecule has 1 aliphatic heterocycles. The Hall–Kier alpha value is -1.35. The van der Waals surface area contributed by atoms with Gasteiger partial charge in [-0.25, -0.2) is 0 Å². The molecule has 1 saturated carbocycles. The van der Waals surface area contributed by atoms with E-state index >= 15 is 0 Å². The molecule has 3 heteroatoms. The predicted molar refractivity (Wildman–Crippen MR) is 80.8 cm³/mol. The van der Waals surface area contributed by atoms with E-state index in [9.17, 15) is 4.79 Å². The average Bonchev–Trinajstić information content (AvgIpc) is 3.03. The van der Waals surface area contributed by atoms with Crippen LogP contribution in [0.3, 0.4) is 0 Å². The molecule has 1 saturated heterocycles. The summed E-state index contributed by atoms with van der Waals surface area (Å²) in [7, 11) is 0. The van der Waals surface area contributed by atoms with Crippen LogP contribution in [-0.2, 0) is 0 Å². The van der Waals surface area contributed by atoms with Crippen molar-refractivity contribution in [2.45, 2.75) is 50.6 Å². The molecule has 108 valence electrons. The summed E-state index contributed by atoms with van der Waals surface area (Å²) in [6.07, 6.45) is 7.54. The van der Waals surface area contributed by atoms with Gasteiger partial charge < -0.3 is 5.32 Å². The lowest BCUT2D eigenvalue weighted by Crippen LogP contribution is -2.52. The molecule has 1 N–H and O–H groups in total. The van der Waals surface area contributed by atoms with E-state index in [0.717, 1.165) is 12.0 Å². The maximum atomic E-state index is 12.3. The van der Waals surface area contributed by atoms with Gasteiger partial charge in [0.1, 0.15) is 0 Å². The van der Waals surface area contributed by atoms with Crippen LogP contribution in [0.2, 0.25) is 0 Å². The van der Waals surface area contributed by atoms with Gasteiger partial charge in [0.05, 0.1) is 0 Å². The molecule has 0 radical (unpaired) electrons. The lowest BCUT2D eigenvalue weighted by atomic mass is 9.89. The second-order valence-corrected chi connectivity index (χ2v) is 6.04. The van der Waals surface area contributed by atoms with E-state index in [-0.39, 0.29) is 5.91 Å². The third-order valence-electron chi connectivity index (χ3n) is 4.69. The van der Waals surface area contributed by atoms with Crippen molar-refractivity contribution in [2.75, 3.05) is 13.1 Å². The third kappa shape index (κ3) is 3.04. The van der Waals surface area contributed by atoms with E-state index in [1.165, 1.54) is 45.2 Å². The number of rotatable bonds is 3. The molecule has 1 amide bonds. The molecule has 2 fully saturated rings. The monoisotopic (exact) mass is 272 g/mol. The number of carbonyl (C=O) groups is 1. The van der Waals surface area contributed by atoms with Crippen molar-refractivity contribution in [3.63, 3.8) is 0 Å². The second kappa shape index (κ2) is 6.40. The quantitative estimate of drug-likeness (QED) is 0.917. The highest BCUT2D eigenvalue weighted by molar-refractivity contribution is 5.94. The van der Waals surface area contributed by atoms with Crippen LogP contribution in [0.5, 0.6) is 0 Å². The SMILES string of the molecule is O=C(NC1CCCCC1N1CCCC1)c1ccccc1. The average molecular weight is 272 g/mol. The topological polar surface area (TPSA) is 32.3 Å². The van der Waals surface area contributed by atoms with Gasteiger partial charge in [-0.2, -0.15) is 0 Å². The first kappa shape index (κ1) is 13.6. The van der Waals surface area contributed by atoms with E-state index < -0.39 is 0 Å². The van der Waals surface area contributed by atoms with Gasteiger partial charge in [-0.05, 0) is 50.9 Å². The molecule has 3 rings (SSSR count). The molecule has 0 spiro atoms. The Morgan fingerprint density at radius 2 is 1.70 bits per heavy atom. The first-order valence-electron chi connectivity index (χ1n) is 7.94. The van der Waals surface area contributed by atoms with Crippen LogP contribution in [0.25, 0.3) is 0 Å². The van der Waals surface area contributed by atoms with Crippen LogP contribution in [-0.4, -0.2) is 36.0 Å². The van der Waals surface area contributed by atoms with Crippen LogP contribution in [0, 0.1) is 0 Å². The standard InChI is InChI=1S/C17H24N2O/c20-17(14-8-2-1-3-9-14)18-15-10-4-5-11-16(15)19-12-6-7-13-19/h1-3,8-9,15-16H,4-7,10-13H2,(H,18,20). The molecular formula is C17H24N2O. The van der Waals surface area contributed by atoms with Crippen molar-refractivity contribution >= 4 is 5.91 Å². The highest BCUT2D eigenvalue weighted by Gasteiger charge is 2.32. The summed E-state index contributed by atoms with van der Waals surface area (Å²) in [5.41, 5.74) is 0.776. The first-order valence-corrected chi connectivity index (χ1v) is 7.94. The van der Waals surface area contributed by atoms with Crippen molar-refractivity contribution < 1.29 is 4.79 Å². The molecule has 1 aliphatic carbocycles. The number of hydrogen-bond acceptors (Lipinski definition) is 2. The highest BCUT2D eigenvalue weighted by atomic mass is 16.1. The summed E-state index contributed by atoms with van der Waals surface area (Å²) >= 11 is 0. The van der Waals surface area contributed by atoms with Crippen LogP contribution in [0.1, 0.15) is 48.9 Å². The maximum absolute atomic E-state index is 12.3. The predicted octanol–water partition coefficient (Wildman–Crippen LogP) is 2.82.